The summed E-state index contributed by atoms with van der Waals surface area (Å²) in [5.41, 5.74) is 0.243. The quantitative estimate of drug-likeness (QED) is 0.618. The van der Waals surface area contributed by atoms with Gasteiger partial charge in [-0.3, -0.25) is 14.3 Å². The molecule has 0 aliphatic carbocycles. The lowest BCUT2D eigenvalue weighted by Crippen LogP contribution is -2.47. The molecule has 1 heterocycles. The summed E-state index contributed by atoms with van der Waals surface area (Å²) in [6, 6.07) is 13.9. The van der Waals surface area contributed by atoms with E-state index in [-0.39, 0.29) is 5.56 Å². The maximum absolute atomic E-state index is 13.4. The highest BCUT2D eigenvalue weighted by molar-refractivity contribution is 9.10. The van der Waals surface area contributed by atoms with E-state index < -0.39 is 17.7 Å². The van der Waals surface area contributed by atoms with E-state index in [1.54, 1.807) is 25.1 Å². The van der Waals surface area contributed by atoms with Gasteiger partial charge in [0.1, 0.15) is 5.82 Å². The summed E-state index contributed by atoms with van der Waals surface area (Å²) in [6.45, 7) is 7.21. The van der Waals surface area contributed by atoms with Gasteiger partial charge in [0, 0.05) is 10.0 Å². The minimum atomic E-state index is -1.07. The van der Waals surface area contributed by atoms with Gasteiger partial charge in [0.2, 0.25) is 0 Å². The van der Waals surface area contributed by atoms with E-state index in [4.69, 9.17) is 4.98 Å². The SMILES string of the molecule is C[C@@H](c1nc2cccc(Br)c2c(=O)n1-c1ccccc1)N(C(=O)O)C(C)(C)C. The summed E-state index contributed by atoms with van der Waals surface area (Å²) < 4.78 is 2.15. The molecule has 28 heavy (non-hydrogen) atoms. The molecule has 0 saturated heterocycles. The smallest absolute Gasteiger partial charge is 0.408 e. The average molecular weight is 444 g/mol. The molecule has 0 aliphatic rings. The molecular weight excluding hydrogens is 422 g/mol. The highest BCUT2D eigenvalue weighted by Gasteiger charge is 2.34. The highest BCUT2D eigenvalue weighted by atomic mass is 79.9. The Bertz CT molecular complexity index is 1090. The Hall–Kier alpha value is -2.67. The number of hydrogen-bond donors (Lipinski definition) is 1. The van der Waals surface area contributed by atoms with E-state index in [1.165, 1.54) is 9.47 Å². The van der Waals surface area contributed by atoms with Gasteiger partial charge < -0.3 is 5.11 Å². The Kier molecular flexibility index (Phi) is 5.30. The number of amides is 1. The zero-order valence-corrected chi connectivity index (χ0v) is 17.8. The van der Waals surface area contributed by atoms with E-state index >= 15 is 0 Å². The van der Waals surface area contributed by atoms with Crippen molar-refractivity contribution in [1.29, 1.82) is 0 Å². The largest absolute Gasteiger partial charge is 0.465 e. The predicted molar refractivity (Wildman–Crippen MR) is 113 cm³/mol. The lowest BCUT2D eigenvalue weighted by atomic mass is 10.0. The number of carboxylic acid groups (broad SMARTS) is 1. The Morgan fingerprint density at radius 3 is 2.36 bits per heavy atom. The van der Waals surface area contributed by atoms with Crippen LogP contribution in [0, 0.1) is 0 Å². The fourth-order valence-corrected chi connectivity index (χ4v) is 3.99. The fourth-order valence-electron chi connectivity index (χ4n) is 3.46. The summed E-state index contributed by atoms with van der Waals surface area (Å²) in [5.74, 6) is 0.374. The van der Waals surface area contributed by atoms with Gasteiger partial charge in [-0.2, -0.15) is 0 Å². The molecule has 146 valence electrons. The molecular formula is C21H22BrN3O3. The predicted octanol–water partition coefficient (Wildman–Crippen LogP) is 4.99. The normalized spacial score (nSPS) is 12.8. The van der Waals surface area contributed by atoms with E-state index in [0.717, 1.165) is 0 Å². The van der Waals surface area contributed by atoms with Crippen molar-refractivity contribution < 1.29 is 9.90 Å². The molecule has 6 nitrogen and oxygen atoms in total. The minimum absolute atomic E-state index is 0.246. The molecule has 3 aromatic rings. The van der Waals surface area contributed by atoms with Crippen molar-refractivity contribution in [2.24, 2.45) is 0 Å². The Labute approximate surface area is 171 Å². The number of fused-ring (bicyclic) bond motifs is 1. The van der Waals surface area contributed by atoms with Crippen molar-refractivity contribution in [3.63, 3.8) is 0 Å². The van der Waals surface area contributed by atoms with Crippen molar-refractivity contribution in [2.45, 2.75) is 39.3 Å². The van der Waals surface area contributed by atoms with Crippen molar-refractivity contribution in [2.75, 3.05) is 0 Å². The Morgan fingerprint density at radius 1 is 1.14 bits per heavy atom. The van der Waals surface area contributed by atoms with Crippen LogP contribution in [0.2, 0.25) is 0 Å². The van der Waals surface area contributed by atoms with Crippen LogP contribution < -0.4 is 5.56 Å². The van der Waals surface area contributed by atoms with Crippen LogP contribution in [0.3, 0.4) is 0 Å². The molecule has 0 fully saturated rings. The maximum Gasteiger partial charge on any atom is 0.408 e. The van der Waals surface area contributed by atoms with Gasteiger partial charge in [0.15, 0.2) is 0 Å². The zero-order chi connectivity index (χ0) is 20.6. The third-order valence-corrected chi connectivity index (χ3v) is 5.24. The second kappa shape index (κ2) is 7.39. The maximum atomic E-state index is 13.4. The van der Waals surface area contributed by atoms with Crippen LogP contribution in [0.5, 0.6) is 0 Å². The van der Waals surface area contributed by atoms with Gasteiger partial charge in [-0.15, -0.1) is 0 Å². The van der Waals surface area contributed by atoms with Crippen molar-refractivity contribution in [3.05, 3.63) is 69.2 Å². The molecule has 1 aromatic heterocycles. The van der Waals surface area contributed by atoms with Gasteiger partial charge in [-0.05, 0) is 67.9 Å². The third-order valence-electron chi connectivity index (χ3n) is 4.58. The van der Waals surface area contributed by atoms with Gasteiger partial charge >= 0.3 is 6.09 Å². The van der Waals surface area contributed by atoms with Crippen LogP contribution in [0.15, 0.2) is 57.8 Å². The summed E-state index contributed by atoms with van der Waals surface area (Å²) >= 11 is 3.44. The standard InChI is InChI=1S/C21H22BrN3O3/c1-13(25(20(27)28)21(2,3)4)18-23-16-12-8-11-15(22)17(16)19(26)24(18)14-9-6-5-7-10-14/h5-13H,1-4H3,(H,27,28)/t13-/m0/s1. The first-order valence-electron chi connectivity index (χ1n) is 8.92. The number of hydrogen-bond acceptors (Lipinski definition) is 3. The molecule has 3 rings (SSSR count). The van der Waals surface area contributed by atoms with Crippen molar-refractivity contribution >= 4 is 32.9 Å². The number of nitrogens with zero attached hydrogens (tertiary/aromatic N) is 3. The lowest BCUT2D eigenvalue weighted by Gasteiger charge is -2.38. The van der Waals surface area contributed by atoms with Gasteiger partial charge in [0.05, 0.1) is 22.6 Å². The number of para-hydroxylation sites is 1. The van der Waals surface area contributed by atoms with E-state index in [0.29, 0.717) is 26.9 Å². The first-order valence-corrected chi connectivity index (χ1v) is 9.71. The Morgan fingerprint density at radius 2 is 1.79 bits per heavy atom. The van der Waals surface area contributed by atoms with E-state index in [9.17, 15) is 14.7 Å². The molecule has 0 unspecified atom stereocenters. The van der Waals surface area contributed by atoms with E-state index in [1.807, 2.05) is 51.1 Å². The summed E-state index contributed by atoms with van der Waals surface area (Å²) in [5, 5.41) is 10.3. The lowest BCUT2D eigenvalue weighted by molar-refractivity contribution is 0.0719. The molecule has 0 radical (unpaired) electrons. The van der Waals surface area contributed by atoms with Crippen LogP contribution >= 0.6 is 15.9 Å². The number of benzene rings is 2. The molecule has 0 bridgehead atoms. The molecule has 0 aliphatic heterocycles. The third kappa shape index (κ3) is 3.54. The van der Waals surface area contributed by atoms with Crippen LogP contribution in [-0.4, -0.2) is 31.2 Å². The number of aromatic nitrogens is 2. The van der Waals surface area contributed by atoms with Gasteiger partial charge in [-0.25, -0.2) is 9.78 Å². The zero-order valence-electron chi connectivity index (χ0n) is 16.2. The minimum Gasteiger partial charge on any atom is -0.465 e. The number of carbonyl (C=O) groups is 1. The molecule has 1 N–H and O–H groups in total. The molecule has 2 aromatic carbocycles. The van der Waals surface area contributed by atoms with Crippen LogP contribution in [0.25, 0.3) is 16.6 Å². The topological polar surface area (TPSA) is 75.4 Å². The fraction of sp³-hybridized carbons (Fsp3) is 0.286. The molecule has 7 heteroatoms. The van der Waals surface area contributed by atoms with Crippen molar-refractivity contribution in [3.8, 4) is 5.69 Å². The highest BCUT2D eigenvalue weighted by Crippen LogP contribution is 2.30. The Balaban J connectivity index is 2.39. The molecule has 0 spiro atoms. The van der Waals surface area contributed by atoms with Gasteiger partial charge in [-0.1, -0.05) is 24.3 Å². The number of rotatable bonds is 3. The summed E-state index contributed by atoms with van der Waals surface area (Å²) in [4.78, 5) is 31.5. The second-order valence-corrected chi connectivity index (χ2v) is 8.43. The molecule has 1 atom stereocenters. The average Bonchev–Trinajstić information content (AvgIpc) is 2.60. The van der Waals surface area contributed by atoms with Crippen LogP contribution in [0.1, 0.15) is 39.6 Å². The van der Waals surface area contributed by atoms with Crippen molar-refractivity contribution in [1.82, 2.24) is 14.5 Å². The second-order valence-electron chi connectivity index (χ2n) is 7.58. The van der Waals surface area contributed by atoms with Gasteiger partial charge in [0.25, 0.3) is 5.56 Å². The monoisotopic (exact) mass is 443 g/mol. The van der Waals surface area contributed by atoms with E-state index in [2.05, 4.69) is 15.9 Å². The summed E-state index contributed by atoms with van der Waals surface area (Å²) in [7, 11) is 0. The summed E-state index contributed by atoms with van der Waals surface area (Å²) in [6.07, 6.45) is -1.07. The molecule has 0 saturated carbocycles. The first kappa shape index (κ1) is 20.1. The number of halogens is 1. The first-order chi connectivity index (χ1) is 13.1. The van der Waals surface area contributed by atoms with Crippen LogP contribution in [0.4, 0.5) is 4.79 Å². The van der Waals surface area contributed by atoms with Crippen LogP contribution in [-0.2, 0) is 0 Å². The molecule has 1 amide bonds.